The first-order valence-corrected chi connectivity index (χ1v) is 12.3. The van der Waals surface area contributed by atoms with Gasteiger partial charge in [0.25, 0.3) is 0 Å². The van der Waals surface area contributed by atoms with Crippen LogP contribution in [0.2, 0.25) is 0 Å². The lowest BCUT2D eigenvalue weighted by molar-refractivity contribution is -0.138. The summed E-state index contributed by atoms with van der Waals surface area (Å²) in [5, 5.41) is 12.7. The van der Waals surface area contributed by atoms with Gasteiger partial charge in [-0.25, -0.2) is 4.68 Å². The molecule has 0 bridgehead atoms. The van der Waals surface area contributed by atoms with Gasteiger partial charge in [0.15, 0.2) is 5.78 Å². The van der Waals surface area contributed by atoms with Crippen LogP contribution in [0.1, 0.15) is 77.2 Å². The largest absolute Gasteiger partial charge is 0.485 e. The lowest BCUT2D eigenvalue weighted by Gasteiger charge is -2.34. The van der Waals surface area contributed by atoms with Gasteiger partial charge in [0.2, 0.25) is 0 Å². The Morgan fingerprint density at radius 2 is 1.76 bits per heavy atom. The van der Waals surface area contributed by atoms with E-state index in [1.807, 2.05) is 38.1 Å². The van der Waals surface area contributed by atoms with Crippen molar-refractivity contribution in [2.75, 3.05) is 0 Å². The quantitative estimate of drug-likeness (QED) is 0.299. The van der Waals surface area contributed by atoms with Crippen LogP contribution in [0.5, 0.6) is 5.75 Å². The van der Waals surface area contributed by atoms with Crippen molar-refractivity contribution in [3.05, 3.63) is 76.6 Å². The van der Waals surface area contributed by atoms with Crippen LogP contribution in [0.3, 0.4) is 0 Å². The van der Waals surface area contributed by atoms with E-state index in [1.54, 1.807) is 12.1 Å². The van der Waals surface area contributed by atoms with Gasteiger partial charge in [0, 0.05) is 30.5 Å². The molecule has 3 aromatic rings. The Labute approximate surface area is 213 Å². The number of aromatic nitrogens is 2. The second-order valence-electron chi connectivity index (χ2n) is 9.60. The third-order valence-corrected chi connectivity index (χ3v) is 6.80. The number of carboxylic acid groups (broad SMARTS) is 1. The molecule has 1 heterocycles. The summed E-state index contributed by atoms with van der Waals surface area (Å²) in [6, 6.07) is 10.9. The normalized spacial score (nSPS) is 14.7. The summed E-state index contributed by atoms with van der Waals surface area (Å²) in [5.74, 6) is -0.0774. The Kier molecular flexibility index (Phi) is 7.71. The predicted octanol–water partition coefficient (Wildman–Crippen LogP) is 6.87. The molecule has 0 saturated heterocycles. The lowest BCUT2D eigenvalue weighted by atomic mass is 9.78. The molecule has 1 atom stereocenters. The average molecular weight is 515 g/mol. The monoisotopic (exact) mass is 514 g/mol. The van der Waals surface area contributed by atoms with Crippen LogP contribution in [0.15, 0.2) is 48.8 Å². The fourth-order valence-electron chi connectivity index (χ4n) is 4.67. The van der Waals surface area contributed by atoms with Gasteiger partial charge in [0.1, 0.15) is 11.9 Å². The highest BCUT2D eigenvalue weighted by Gasteiger charge is 2.33. The summed E-state index contributed by atoms with van der Waals surface area (Å²) >= 11 is 0. The summed E-state index contributed by atoms with van der Waals surface area (Å²) in [4.78, 5) is 23.1. The van der Waals surface area contributed by atoms with Gasteiger partial charge in [-0.3, -0.25) is 9.59 Å². The Morgan fingerprint density at radius 1 is 1.11 bits per heavy atom. The molecule has 0 amide bonds. The summed E-state index contributed by atoms with van der Waals surface area (Å²) in [5.41, 5.74) is 2.72. The molecular formula is C28H29F3N2O4. The fourth-order valence-corrected chi connectivity index (χ4v) is 4.67. The molecule has 1 fully saturated rings. The van der Waals surface area contributed by atoms with E-state index in [1.165, 1.54) is 4.68 Å². The standard InChI is InChI=1S/C28H29F3N2O4/c1-17-13-23(14-18(2)26(17)33-16-22(15-32-33)28(29,30)31)37-27(20-5-3-6-20)21-11-9-19(10-12-21)24(34)7-4-8-25(35)36/h9-16,20,27H,3-8H2,1-2H3,(H,35,36). The number of hydrogen-bond acceptors (Lipinski definition) is 4. The van der Waals surface area contributed by atoms with Crippen molar-refractivity contribution in [2.24, 2.45) is 5.92 Å². The minimum atomic E-state index is -4.46. The molecule has 1 unspecified atom stereocenters. The summed E-state index contributed by atoms with van der Waals surface area (Å²) in [6.45, 7) is 3.63. The molecule has 0 radical (unpaired) electrons. The Hall–Kier alpha value is -3.62. The number of aliphatic carboxylic acids is 1. The third-order valence-electron chi connectivity index (χ3n) is 6.80. The number of hydrogen-bond donors (Lipinski definition) is 1. The molecule has 4 rings (SSSR count). The van der Waals surface area contributed by atoms with Crippen LogP contribution in [0.25, 0.3) is 5.69 Å². The van der Waals surface area contributed by atoms with E-state index in [9.17, 15) is 22.8 Å². The third kappa shape index (κ3) is 6.21. The highest BCUT2D eigenvalue weighted by molar-refractivity contribution is 5.96. The first-order chi connectivity index (χ1) is 17.5. The number of carbonyl (C=O) groups is 2. The van der Waals surface area contributed by atoms with E-state index < -0.39 is 17.7 Å². The zero-order valence-corrected chi connectivity index (χ0v) is 20.7. The number of nitrogens with zero attached hydrogens (tertiary/aromatic N) is 2. The van der Waals surface area contributed by atoms with Crippen LogP contribution in [0.4, 0.5) is 13.2 Å². The Bertz CT molecular complexity index is 1250. The van der Waals surface area contributed by atoms with Gasteiger partial charge in [-0.2, -0.15) is 18.3 Å². The molecule has 1 N–H and O–H groups in total. The van der Waals surface area contributed by atoms with Crippen LogP contribution >= 0.6 is 0 Å². The first-order valence-electron chi connectivity index (χ1n) is 12.3. The number of Topliss-reactive ketones (excluding diaryl/α,β-unsaturated/α-hetero) is 1. The highest BCUT2D eigenvalue weighted by Crippen LogP contribution is 2.41. The number of aryl methyl sites for hydroxylation is 2. The topological polar surface area (TPSA) is 81.4 Å². The van der Waals surface area contributed by atoms with Crippen molar-refractivity contribution in [3.8, 4) is 11.4 Å². The Balaban J connectivity index is 1.53. The highest BCUT2D eigenvalue weighted by atomic mass is 19.4. The van der Waals surface area contributed by atoms with Crippen LogP contribution in [0, 0.1) is 19.8 Å². The fraction of sp³-hybridized carbons (Fsp3) is 0.393. The van der Waals surface area contributed by atoms with Gasteiger partial charge >= 0.3 is 12.1 Å². The molecule has 0 spiro atoms. The minimum absolute atomic E-state index is 0.0388. The molecule has 1 aliphatic carbocycles. The number of halogens is 3. The van der Waals surface area contributed by atoms with Crippen LogP contribution in [-0.2, 0) is 11.0 Å². The van der Waals surface area contributed by atoms with E-state index in [4.69, 9.17) is 9.84 Å². The van der Waals surface area contributed by atoms with Gasteiger partial charge in [0.05, 0.1) is 17.4 Å². The zero-order valence-electron chi connectivity index (χ0n) is 20.7. The van der Waals surface area contributed by atoms with Gasteiger partial charge in [-0.05, 0) is 61.9 Å². The maximum absolute atomic E-state index is 13.0. The SMILES string of the molecule is Cc1cc(OC(c2ccc(C(=O)CCCC(=O)O)cc2)C2CCC2)cc(C)c1-n1cc(C(F)(F)F)cn1. The Morgan fingerprint density at radius 3 is 2.27 bits per heavy atom. The zero-order chi connectivity index (χ0) is 26.7. The number of benzene rings is 2. The number of carbonyl (C=O) groups excluding carboxylic acids is 1. The van der Waals surface area contributed by atoms with Crippen molar-refractivity contribution < 1.29 is 32.6 Å². The van der Waals surface area contributed by atoms with Crippen molar-refractivity contribution in [1.82, 2.24) is 9.78 Å². The van der Waals surface area contributed by atoms with E-state index in [2.05, 4.69) is 5.10 Å². The van der Waals surface area contributed by atoms with Crippen LogP contribution in [-0.4, -0.2) is 26.6 Å². The summed E-state index contributed by atoms with van der Waals surface area (Å²) in [6.07, 6.45) is 0.704. The molecule has 2 aromatic carbocycles. The lowest BCUT2D eigenvalue weighted by Crippen LogP contribution is -2.25. The summed E-state index contributed by atoms with van der Waals surface area (Å²) in [7, 11) is 0. The molecule has 0 aliphatic heterocycles. The number of ether oxygens (including phenoxy) is 1. The van der Waals surface area contributed by atoms with E-state index in [-0.39, 0.29) is 24.7 Å². The predicted molar refractivity (Wildman–Crippen MR) is 131 cm³/mol. The second kappa shape index (κ2) is 10.8. The summed E-state index contributed by atoms with van der Waals surface area (Å²) < 4.78 is 46.8. The molecule has 6 nitrogen and oxygen atoms in total. The maximum Gasteiger partial charge on any atom is 0.419 e. The van der Waals surface area contributed by atoms with Crippen molar-refractivity contribution in [1.29, 1.82) is 0 Å². The maximum atomic E-state index is 13.0. The van der Waals surface area contributed by atoms with Crippen molar-refractivity contribution >= 4 is 11.8 Å². The number of ketones is 1. The molecule has 196 valence electrons. The number of rotatable bonds is 10. The van der Waals surface area contributed by atoms with E-state index in [0.717, 1.165) is 48.3 Å². The number of alkyl halides is 3. The molecule has 1 aliphatic rings. The second-order valence-corrected chi connectivity index (χ2v) is 9.60. The van der Waals surface area contributed by atoms with Gasteiger partial charge < -0.3 is 9.84 Å². The molecule has 1 saturated carbocycles. The molecule has 37 heavy (non-hydrogen) atoms. The number of carboxylic acids is 1. The molecule has 1 aromatic heterocycles. The molecular weight excluding hydrogens is 485 g/mol. The smallest absolute Gasteiger partial charge is 0.419 e. The first kappa shape index (κ1) is 26.4. The van der Waals surface area contributed by atoms with Crippen molar-refractivity contribution in [2.45, 2.75) is 64.7 Å². The van der Waals surface area contributed by atoms with E-state index >= 15 is 0 Å². The van der Waals surface area contributed by atoms with Gasteiger partial charge in [-0.15, -0.1) is 0 Å². The molecule has 9 heteroatoms. The van der Waals surface area contributed by atoms with Crippen molar-refractivity contribution in [3.63, 3.8) is 0 Å². The minimum Gasteiger partial charge on any atom is -0.485 e. The average Bonchev–Trinajstić information content (AvgIpc) is 3.27. The van der Waals surface area contributed by atoms with E-state index in [0.29, 0.717) is 29.3 Å². The van der Waals surface area contributed by atoms with Crippen LogP contribution < -0.4 is 4.74 Å². The van der Waals surface area contributed by atoms with Gasteiger partial charge in [-0.1, -0.05) is 30.7 Å².